The van der Waals surface area contributed by atoms with Gasteiger partial charge < -0.3 is 50.3 Å². The summed E-state index contributed by atoms with van der Waals surface area (Å²) in [6.07, 6.45) is -4.83. The first-order valence-electron chi connectivity index (χ1n) is 7.56. The number of carbonyl (C=O) groups excluding carboxylic acids is 2. The van der Waals surface area contributed by atoms with Crippen LogP contribution >= 0.6 is 0 Å². The van der Waals surface area contributed by atoms with E-state index in [4.69, 9.17) is 39.7 Å². The monoisotopic (exact) mass is 534 g/mol. The number of rotatable bonds is 6. The van der Waals surface area contributed by atoms with Gasteiger partial charge in [0.25, 0.3) is 9.87 Å². The van der Waals surface area contributed by atoms with Crippen molar-refractivity contribution in [2.24, 2.45) is 0 Å². The summed E-state index contributed by atoms with van der Waals surface area (Å²) in [6.45, 7) is -2.57. The average Bonchev–Trinajstić information content (AvgIpc) is 3.07. The van der Waals surface area contributed by atoms with Gasteiger partial charge in [-0.2, -0.15) is 16.8 Å². The Morgan fingerprint density at radius 1 is 0.758 bits per heavy atom. The van der Waals surface area contributed by atoms with Crippen LogP contribution in [0, 0.1) is 0 Å². The van der Waals surface area contributed by atoms with E-state index in [-0.39, 0.29) is 23.1 Å². The molecule has 0 spiro atoms. The number of aliphatic hydroxyl groups is 6. The van der Waals surface area contributed by atoms with Gasteiger partial charge in [0.2, 0.25) is 0 Å². The number of carbonyl (C=O) groups is 2. The van der Waals surface area contributed by atoms with Crippen molar-refractivity contribution in [3.05, 3.63) is 23.0 Å². The van der Waals surface area contributed by atoms with Crippen molar-refractivity contribution in [3.63, 3.8) is 0 Å². The van der Waals surface area contributed by atoms with E-state index >= 15 is 0 Å². The largest absolute Gasteiger partial charge is 2.00 e. The van der Waals surface area contributed by atoms with Crippen molar-refractivity contribution < 1.29 is 85.9 Å². The topological polar surface area (TPSA) is 329 Å². The van der Waals surface area contributed by atoms with Crippen LogP contribution in [-0.2, 0) is 39.3 Å². The number of hydrogen-bond acceptors (Lipinski definition) is 16. The molecule has 0 fully saturated rings. The molecule has 2 rings (SSSR count). The number of aliphatic hydroxyl groups excluding tert-OH is 6. The summed E-state index contributed by atoms with van der Waals surface area (Å²) >= 11 is 0. The predicted molar refractivity (Wildman–Crippen MR) is 92.0 cm³/mol. The van der Waals surface area contributed by atoms with Crippen LogP contribution in [0.25, 0.3) is 0 Å². The van der Waals surface area contributed by atoms with Gasteiger partial charge in [0.1, 0.15) is 12.2 Å². The molecule has 33 heavy (non-hydrogen) atoms. The van der Waals surface area contributed by atoms with E-state index in [2.05, 4.69) is 9.47 Å². The van der Waals surface area contributed by atoms with E-state index in [1.807, 2.05) is 0 Å². The zero-order valence-electron chi connectivity index (χ0n) is 15.8. The fourth-order valence-corrected chi connectivity index (χ4v) is 4.20. The van der Waals surface area contributed by atoms with Gasteiger partial charge in [0.15, 0.2) is 11.5 Å². The molecule has 4 atom stereocenters. The summed E-state index contributed by atoms with van der Waals surface area (Å²) in [5, 5.41) is 75.5. The molecule has 2 aliphatic rings. The summed E-state index contributed by atoms with van der Waals surface area (Å²) < 4.78 is 69.1. The molecule has 21 heteroatoms. The molecule has 0 bridgehead atoms. The van der Waals surface area contributed by atoms with Gasteiger partial charge in [-0.05, 0) is 11.5 Å². The molecule has 0 aromatic heterocycles. The van der Waals surface area contributed by atoms with Crippen molar-refractivity contribution >= 4 is 55.2 Å². The molecule has 2 heterocycles. The van der Waals surface area contributed by atoms with E-state index < -0.39 is 90.5 Å². The quantitative estimate of drug-likeness (QED) is 0.0890. The van der Waals surface area contributed by atoms with E-state index in [0.29, 0.717) is 0 Å². The first-order chi connectivity index (χ1) is 14.4. The van der Waals surface area contributed by atoms with Crippen LogP contribution in [0.15, 0.2) is 23.0 Å². The Labute approximate surface area is 199 Å². The van der Waals surface area contributed by atoms with Gasteiger partial charge in [-0.1, -0.05) is 0 Å². The van der Waals surface area contributed by atoms with Gasteiger partial charge in [-0.15, -0.1) is 0 Å². The van der Waals surface area contributed by atoms with Gasteiger partial charge in [0, 0.05) is 0 Å². The van der Waals surface area contributed by atoms with Crippen molar-refractivity contribution in [3.8, 4) is 0 Å². The first kappa shape index (κ1) is 31.0. The Morgan fingerprint density at radius 2 is 1.00 bits per heavy atom. The molecule has 18 nitrogen and oxygen atoms in total. The minimum absolute atomic E-state index is 0. The third-order valence-electron chi connectivity index (χ3n) is 3.93. The van der Waals surface area contributed by atoms with E-state index in [1.54, 1.807) is 0 Å². The summed E-state index contributed by atoms with van der Waals surface area (Å²) in [5.41, 5.74) is 0. The first-order valence-corrected chi connectivity index (χ1v) is 10.4. The Hall–Kier alpha value is -1.95. The number of hydrogen-bond donors (Lipinski definition) is 8. The Kier molecular flexibility index (Phi) is 9.52. The zero-order chi connectivity index (χ0) is 25.4. The van der Waals surface area contributed by atoms with Crippen molar-refractivity contribution in [2.75, 3.05) is 13.2 Å². The van der Waals surface area contributed by atoms with Crippen molar-refractivity contribution in [2.45, 2.75) is 22.1 Å². The molecule has 8 N–H and O–H groups in total. The van der Waals surface area contributed by atoms with Crippen molar-refractivity contribution in [1.29, 1.82) is 0 Å². The van der Waals surface area contributed by atoms with Crippen LogP contribution in [0.1, 0.15) is 0 Å². The predicted octanol–water partition coefficient (Wildman–Crippen LogP) is -7.16. The average molecular weight is 535 g/mol. The number of cyclic esters (lactones) is 2. The molecule has 184 valence electrons. The molecule has 0 saturated carbocycles. The normalized spacial score (nSPS) is 27.2. The van der Waals surface area contributed by atoms with Crippen molar-refractivity contribution in [1.82, 2.24) is 0 Å². The molecule has 0 aromatic rings. The summed E-state index contributed by atoms with van der Waals surface area (Å²) in [7, 11) is -10.7. The molecule has 2 aliphatic heterocycles. The van der Waals surface area contributed by atoms with E-state index in [0.717, 1.165) is 0 Å². The molecule has 0 radical (unpaired) electrons. The van der Waals surface area contributed by atoms with Gasteiger partial charge in [-0.25, -0.2) is 9.59 Å². The van der Waals surface area contributed by atoms with E-state index in [9.17, 15) is 36.6 Å². The van der Waals surface area contributed by atoms with Crippen LogP contribution in [0.4, 0.5) is 0 Å². The Bertz CT molecular complexity index is 990. The maximum Gasteiger partial charge on any atom is 2.00 e. The fraction of sp³-hybridized carbons (Fsp3) is 0.500. The molecule has 0 amide bonds. The number of esters is 2. The summed E-state index contributed by atoms with van der Waals surface area (Å²) in [6, 6.07) is 0. The Morgan fingerprint density at radius 3 is 1.12 bits per heavy atom. The van der Waals surface area contributed by atoms with E-state index in [1.165, 1.54) is 0 Å². The molecular weight excluding hydrogens is 521 g/mol. The maximum absolute atomic E-state index is 11.2. The van der Waals surface area contributed by atoms with Crippen LogP contribution < -0.4 is 10.2 Å². The van der Waals surface area contributed by atoms with Crippen LogP contribution in [0.3, 0.4) is 0 Å². The van der Waals surface area contributed by atoms with Gasteiger partial charge >= 0.3 is 55.2 Å². The molecule has 0 unspecified atom stereocenters. The third-order valence-corrected chi connectivity index (χ3v) is 6.54. The van der Waals surface area contributed by atoms with Crippen LogP contribution in [0.5, 0.6) is 0 Å². The maximum atomic E-state index is 11.2. The number of ether oxygens (including phenoxy) is 2. The second-order valence-corrected chi connectivity index (χ2v) is 8.93. The molecule has 0 aromatic carbocycles. The second kappa shape index (κ2) is 10.1. The minimum Gasteiger partial charge on any atom is -0.869 e. The van der Waals surface area contributed by atoms with Crippen LogP contribution in [-0.4, -0.2) is 127 Å². The zero-order valence-corrected chi connectivity index (χ0v) is 18.8. The standard InChI is InChI=1S/2C6H8O9S.Mg/c2*7-1-2(8)6(16(12,13)14)4(10)3(9)5(11)15-6;/h2*2,7-10H,1H2,(H,12,13,14);/q;;+2/p-2/t2*2-,6-;/m00./s1. The summed E-state index contributed by atoms with van der Waals surface area (Å²) in [4.78, 5) is 14.7. The van der Waals surface area contributed by atoms with Gasteiger partial charge in [0.05, 0.1) is 13.2 Å². The second-order valence-electron chi connectivity index (χ2n) is 5.82. The smallest absolute Gasteiger partial charge is 0.869 e. The molecule has 0 aliphatic carbocycles. The van der Waals surface area contributed by atoms with Gasteiger partial charge in [-0.3, -0.25) is 9.11 Å². The molecular formula is C12H14MgO18S2. The SMILES string of the molecule is O=C1O[C@@]([C@@H](O)CO)(S(=O)(=O)O)C([O-])=C1O.O=C1O[C@@]([C@@H](O)CO)(S(=O)(=O)O)C([O-])=C1O.[Mg+2]. The Balaban J connectivity index is 0.000000602. The van der Waals surface area contributed by atoms with Crippen LogP contribution in [0.2, 0.25) is 0 Å². The fourth-order valence-electron chi connectivity index (χ4n) is 2.34. The minimum atomic E-state index is -5.37. The summed E-state index contributed by atoms with van der Waals surface area (Å²) in [5.74, 6) is -10.2. The third kappa shape index (κ3) is 4.82. The molecule has 0 saturated heterocycles.